The molecule has 0 unspecified atom stereocenters. The number of likely N-dealkylation sites (N-methyl/N-ethyl adjacent to an activating group) is 2. The van der Waals surface area contributed by atoms with E-state index in [9.17, 15) is 14.0 Å². The molecule has 3 rings (SSSR count). The number of hydrogen-bond acceptors (Lipinski definition) is 3. The van der Waals surface area contributed by atoms with Crippen LogP contribution in [-0.2, 0) is 9.59 Å². The number of carbonyl (C=O) groups is 2. The number of nitrogens with zero attached hydrogens (tertiary/aromatic N) is 3. The molecule has 2 heterocycles. The Hall–Kier alpha value is -2.80. The third-order valence-corrected chi connectivity index (χ3v) is 5.03. The van der Waals surface area contributed by atoms with Gasteiger partial charge in [0, 0.05) is 31.2 Å². The molecule has 1 aromatic carbocycles. The molecular weight excluding hydrogens is 353 g/mol. The SMILES string of the molecule is Cc1cc(C=C2C(=O)N(C)C(=S)N(C)C2=O)c(C)n1-c1cccc(F)c1. The summed E-state index contributed by atoms with van der Waals surface area (Å²) >= 11 is 5.09. The first-order valence-corrected chi connectivity index (χ1v) is 8.40. The van der Waals surface area contributed by atoms with Crippen molar-refractivity contribution in [2.75, 3.05) is 14.1 Å². The molecule has 1 aliphatic rings. The summed E-state index contributed by atoms with van der Waals surface area (Å²) in [6.07, 6.45) is 1.57. The molecule has 26 heavy (non-hydrogen) atoms. The third-order valence-electron chi connectivity index (χ3n) is 4.48. The van der Waals surface area contributed by atoms with Gasteiger partial charge in [-0.25, -0.2) is 4.39 Å². The van der Waals surface area contributed by atoms with Gasteiger partial charge in [0.1, 0.15) is 11.4 Å². The van der Waals surface area contributed by atoms with E-state index in [2.05, 4.69) is 0 Å². The molecule has 0 bridgehead atoms. The molecule has 134 valence electrons. The number of halogens is 1. The van der Waals surface area contributed by atoms with Crippen molar-refractivity contribution in [1.82, 2.24) is 14.4 Å². The molecule has 0 radical (unpaired) electrons. The Bertz CT molecular complexity index is 951. The van der Waals surface area contributed by atoms with Gasteiger partial charge in [0.15, 0.2) is 5.11 Å². The Balaban J connectivity index is 2.10. The normalized spacial score (nSPS) is 15.1. The molecule has 0 atom stereocenters. The summed E-state index contributed by atoms with van der Waals surface area (Å²) < 4.78 is 15.5. The minimum absolute atomic E-state index is 0.0445. The second-order valence-electron chi connectivity index (χ2n) is 6.21. The number of benzene rings is 1. The fraction of sp³-hybridized carbons (Fsp3) is 0.211. The van der Waals surface area contributed by atoms with Crippen molar-refractivity contribution in [3.05, 3.63) is 58.7 Å². The van der Waals surface area contributed by atoms with Gasteiger partial charge in [0.2, 0.25) is 0 Å². The Morgan fingerprint density at radius 1 is 1.04 bits per heavy atom. The summed E-state index contributed by atoms with van der Waals surface area (Å²) in [6.45, 7) is 3.75. The van der Waals surface area contributed by atoms with Crippen molar-refractivity contribution >= 4 is 35.2 Å². The maximum Gasteiger partial charge on any atom is 0.265 e. The molecule has 0 N–H and O–H groups in total. The zero-order chi connectivity index (χ0) is 19.2. The van der Waals surface area contributed by atoms with Crippen LogP contribution in [0, 0.1) is 19.7 Å². The molecular formula is C19H18FN3O2S. The molecule has 5 nitrogen and oxygen atoms in total. The van der Waals surface area contributed by atoms with Crippen LogP contribution < -0.4 is 0 Å². The quantitative estimate of drug-likeness (QED) is 0.463. The van der Waals surface area contributed by atoms with Gasteiger partial charge in [-0.3, -0.25) is 19.4 Å². The van der Waals surface area contributed by atoms with E-state index in [-0.39, 0.29) is 16.5 Å². The monoisotopic (exact) mass is 371 g/mol. The molecule has 1 fully saturated rings. The molecule has 1 aromatic heterocycles. The lowest BCUT2D eigenvalue weighted by Crippen LogP contribution is -2.52. The summed E-state index contributed by atoms with van der Waals surface area (Å²) in [5, 5.41) is 0.169. The molecule has 1 saturated heterocycles. The summed E-state index contributed by atoms with van der Waals surface area (Å²) in [5.74, 6) is -1.20. The van der Waals surface area contributed by atoms with Crippen LogP contribution in [-0.4, -0.2) is 45.4 Å². The van der Waals surface area contributed by atoms with Crippen molar-refractivity contribution < 1.29 is 14.0 Å². The van der Waals surface area contributed by atoms with Crippen LogP contribution in [0.3, 0.4) is 0 Å². The highest BCUT2D eigenvalue weighted by molar-refractivity contribution is 7.80. The smallest absolute Gasteiger partial charge is 0.265 e. The highest BCUT2D eigenvalue weighted by Gasteiger charge is 2.35. The number of aromatic nitrogens is 1. The van der Waals surface area contributed by atoms with Crippen LogP contribution >= 0.6 is 12.2 Å². The highest BCUT2D eigenvalue weighted by atomic mass is 32.1. The second kappa shape index (κ2) is 6.49. The summed E-state index contributed by atoms with van der Waals surface area (Å²) in [4.78, 5) is 27.5. The predicted molar refractivity (Wildman–Crippen MR) is 101 cm³/mol. The maximum absolute atomic E-state index is 13.6. The topological polar surface area (TPSA) is 45.6 Å². The number of hydrogen-bond donors (Lipinski definition) is 0. The predicted octanol–water partition coefficient (Wildman–Crippen LogP) is 2.83. The molecule has 0 aliphatic carbocycles. The van der Waals surface area contributed by atoms with E-state index in [4.69, 9.17) is 12.2 Å². The molecule has 0 saturated carbocycles. The molecule has 7 heteroatoms. The minimum atomic E-state index is -0.436. The van der Waals surface area contributed by atoms with Crippen LogP contribution in [0.25, 0.3) is 11.8 Å². The largest absolute Gasteiger partial charge is 0.318 e. The van der Waals surface area contributed by atoms with Gasteiger partial charge in [-0.2, -0.15) is 0 Å². The third kappa shape index (κ3) is 2.84. The lowest BCUT2D eigenvalue weighted by atomic mass is 10.1. The first kappa shape index (κ1) is 18.0. The number of thiocarbonyl (C=S) groups is 1. The Morgan fingerprint density at radius 2 is 1.65 bits per heavy atom. The molecule has 2 amide bonds. The van der Waals surface area contributed by atoms with Crippen molar-refractivity contribution in [1.29, 1.82) is 0 Å². The van der Waals surface area contributed by atoms with E-state index in [1.165, 1.54) is 36.0 Å². The van der Waals surface area contributed by atoms with Crippen molar-refractivity contribution in [2.45, 2.75) is 13.8 Å². The molecule has 2 aromatic rings. The molecule has 1 aliphatic heterocycles. The summed E-state index contributed by atoms with van der Waals surface area (Å²) in [6, 6.07) is 8.13. The minimum Gasteiger partial charge on any atom is -0.318 e. The summed E-state index contributed by atoms with van der Waals surface area (Å²) in [5.41, 5.74) is 3.12. The zero-order valence-corrected chi connectivity index (χ0v) is 15.7. The Morgan fingerprint density at radius 3 is 2.23 bits per heavy atom. The van der Waals surface area contributed by atoms with Gasteiger partial charge < -0.3 is 4.57 Å². The standard InChI is InChI=1S/C19H18FN3O2S/c1-11-8-13(12(2)23(11)15-7-5-6-14(20)10-15)9-16-17(24)21(3)19(26)22(4)18(16)25/h5-10H,1-4H3. The van der Waals surface area contributed by atoms with E-state index < -0.39 is 11.8 Å². The average molecular weight is 371 g/mol. The Labute approximate surface area is 156 Å². The van der Waals surface area contributed by atoms with E-state index >= 15 is 0 Å². The lowest BCUT2D eigenvalue weighted by Gasteiger charge is -2.31. The first-order chi connectivity index (χ1) is 12.2. The van der Waals surface area contributed by atoms with Crippen LogP contribution in [0.2, 0.25) is 0 Å². The first-order valence-electron chi connectivity index (χ1n) is 7.99. The van der Waals surface area contributed by atoms with E-state index in [1.807, 2.05) is 24.5 Å². The zero-order valence-electron chi connectivity index (χ0n) is 14.9. The van der Waals surface area contributed by atoms with Crippen LogP contribution in [0.1, 0.15) is 17.0 Å². The number of aryl methyl sites for hydroxylation is 1. The van der Waals surface area contributed by atoms with Crippen LogP contribution in [0.15, 0.2) is 35.9 Å². The van der Waals surface area contributed by atoms with Gasteiger partial charge in [-0.05, 0) is 62.0 Å². The fourth-order valence-electron chi connectivity index (χ4n) is 3.08. The van der Waals surface area contributed by atoms with E-state index in [0.717, 1.165) is 17.0 Å². The number of rotatable bonds is 2. The Kier molecular flexibility index (Phi) is 4.50. The lowest BCUT2D eigenvalue weighted by molar-refractivity contribution is -0.132. The van der Waals surface area contributed by atoms with Crippen molar-refractivity contribution in [3.8, 4) is 5.69 Å². The number of amides is 2. The van der Waals surface area contributed by atoms with Crippen LogP contribution in [0.5, 0.6) is 0 Å². The van der Waals surface area contributed by atoms with Crippen molar-refractivity contribution in [3.63, 3.8) is 0 Å². The maximum atomic E-state index is 13.6. The van der Waals surface area contributed by atoms with Gasteiger partial charge in [0.05, 0.1) is 0 Å². The van der Waals surface area contributed by atoms with Gasteiger partial charge in [-0.1, -0.05) is 6.07 Å². The number of carbonyl (C=O) groups excluding carboxylic acids is 2. The van der Waals surface area contributed by atoms with E-state index in [1.54, 1.807) is 18.2 Å². The van der Waals surface area contributed by atoms with Crippen molar-refractivity contribution in [2.24, 2.45) is 0 Å². The fourth-order valence-corrected chi connectivity index (χ4v) is 3.24. The van der Waals surface area contributed by atoms with Crippen LogP contribution in [0.4, 0.5) is 4.39 Å². The second-order valence-corrected chi connectivity index (χ2v) is 6.58. The average Bonchev–Trinajstić information content (AvgIpc) is 2.88. The highest BCUT2D eigenvalue weighted by Crippen LogP contribution is 2.25. The van der Waals surface area contributed by atoms with Gasteiger partial charge >= 0.3 is 0 Å². The van der Waals surface area contributed by atoms with E-state index in [0.29, 0.717) is 5.69 Å². The van der Waals surface area contributed by atoms with Gasteiger partial charge in [-0.15, -0.1) is 0 Å². The van der Waals surface area contributed by atoms with Gasteiger partial charge in [0.25, 0.3) is 11.8 Å². The molecule has 0 spiro atoms. The summed E-state index contributed by atoms with van der Waals surface area (Å²) in [7, 11) is 3.08.